The molecule has 0 bridgehead atoms. The zero-order chi connectivity index (χ0) is 13.1. The fourth-order valence-electron chi connectivity index (χ4n) is 1.70. The maximum Gasteiger partial charge on any atom is 1.00 e. The van der Waals surface area contributed by atoms with Gasteiger partial charge in [0.25, 0.3) is 0 Å². The number of nitrogens with zero attached hydrogens (tertiary/aromatic N) is 1. The quantitative estimate of drug-likeness (QED) is 0.643. The van der Waals surface area contributed by atoms with Crippen molar-refractivity contribution in [3.8, 4) is 16.9 Å². The van der Waals surface area contributed by atoms with Crippen molar-refractivity contribution in [1.29, 1.82) is 0 Å². The van der Waals surface area contributed by atoms with E-state index in [1.54, 1.807) is 12.1 Å². The van der Waals surface area contributed by atoms with Crippen LogP contribution in [-0.4, -0.2) is 14.1 Å². The molecule has 0 atom stereocenters. The van der Waals surface area contributed by atoms with Crippen molar-refractivity contribution in [2.24, 2.45) is 0 Å². The summed E-state index contributed by atoms with van der Waals surface area (Å²) in [4.78, 5) is 13.2. The molecule has 0 saturated heterocycles. The predicted octanol–water partition coefficient (Wildman–Crippen LogP) is -1.14. The second-order valence-electron chi connectivity index (χ2n) is 4.29. The van der Waals surface area contributed by atoms with Crippen LogP contribution in [0.4, 0.5) is 5.69 Å². The van der Waals surface area contributed by atoms with Gasteiger partial charge < -0.3 is 10.0 Å². The normalized spacial score (nSPS) is 9.58. The van der Waals surface area contributed by atoms with Gasteiger partial charge in [0.05, 0.1) is 0 Å². The number of benzene rings is 1. The summed E-state index contributed by atoms with van der Waals surface area (Å²) in [6.07, 6.45) is 0. The fourth-order valence-corrected chi connectivity index (χ4v) is 1.70. The second-order valence-corrected chi connectivity index (χ2v) is 4.29. The van der Waals surface area contributed by atoms with Gasteiger partial charge in [0, 0.05) is 19.8 Å². The second kappa shape index (κ2) is 6.75. The molecule has 0 aliphatic rings. The van der Waals surface area contributed by atoms with Crippen LogP contribution in [-0.2, 0) is 0 Å². The van der Waals surface area contributed by atoms with E-state index in [2.05, 4.69) is 0 Å². The number of anilines is 1. The maximum absolute atomic E-state index is 11.2. The Kier molecular flexibility index (Phi) is 5.60. The Bertz CT molecular complexity index is 609. The van der Waals surface area contributed by atoms with E-state index in [4.69, 9.17) is 0 Å². The molecule has 2 rings (SSSR count). The van der Waals surface area contributed by atoms with Crippen molar-refractivity contribution in [3.05, 3.63) is 58.8 Å². The minimum absolute atomic E-state index is 0. The number of rotatable bonds is 2. The third kappa shape index (κ3) is 3.83. The van der Waals surface area contributed by atoms with Gasteiger partial charge >= 0.3 is 29.6 Å². The van der Waals surface area contributed by atoms with Gasteiger partial charge in [-0.3, -0.25) is 4.79 Å². The molecule has 2 aromatic rings. The predicted molar refractivity (Wildman–Crippen MR) is 71.9 cm³/mol. The van der Waals surface area contributed by atoms with E-state index >= 15 is 0 Å². The smallest absolute Gasteiger partial charge is 0.870 e. The molecule has 0 unspecified atom stereocenters. The largest absolute Gasteiger partial charge is 1.00 e. The molecular weight excluding hydrogens is 249 g/mol. The summed E-state index contributed by atoms with van der Waals surface area (Å²) in [5, 5.41) is 11.2. The van der Waals surface area contributed by atoms with Crippen LogP contribution in [0.1, 0.15) is 0 Å². The summed E-state index contributed by atoms with van der Waals surface area (Å²) in [6.45, 7) is 0. The van der Waals surface area contributed by atoms with E-state index in [0.717, 1.165) is 16.8 Å². The van der Waals surface area contributed by atoms with Crippen LogP contribution in [0.3, 0.4) is 0 Å². The molecule has 0 spiro atoms. The van der Waals surface area contributed by atoms with Crippen molar-refractivity contribution in [1.82, 2.24) is 0 Å². The molecule has 0 saturated carbocycles. The van der Waals surface area contributed by atoms with Gasteiger partial charge in [-0.25, -0.2) is 0 Å². The van der Waals surface area contributed by atoms with Crippen LogP contribution in [0.5, 0.6) is 5.75 Å². The van der Waals surface area contributed by atoms with Gasteiger partial charge in [-0.15, -0.1) is 0 Å². The van der Waals surface area contributed by atoms with E-state index in [9.17, 15) is 9.90 Å². The molecule has 0 amide bonds. The molecule has 92 valence electrons. The molecule has 3 nitrogen and oxygen atoms in total. The molecule has 2 aromatic carbocycles. The minimum Gasteiger partial charge on any atom is -0.870 e. The van der Waals surface area contributed by atoms with Gasteiger partial charge in [0.2, 0.25) is 0 Å². The topological polar surface area (TPSA) is 43.4 Å². The van der Waals surface area contributed by atoms with Gasteiger partial charge in [0.1, 0.15) is 0 Å². The van der Waals surface area contributed by atoms with E-state index in [1.807, 2.05) is 43.3 Å². The van der Waals surface area contributed by atoms with Crippen LogP contribution in [0.25, 0.3) is 11.1 Å². The first-order valence-electron chi connectivity index (χ1n) is 5.67. The van der Waals surface area contributed by atoms with E-state index in [-0.39, 0.29) is 29.6 Å². The van der Waals surface area contributed by atoms with E-state index in [0.29, 0.717) is 0 Å². The van der Waals surface area contributed by atoms with E-state index in [1.165, 1.54) is 12.1 Å². The molecule has 0 fully saturated rings. The Morgan fingerprint density at radius 2 is 1.32 bits per heavy atom. The van der Waals surface area contributed by atoms with E-state index < -0.39 is 11.2 Å². The SMILES string of the molecule is CN(C)c1ccc(-c2ccc([O-])c(=O)cc2)cc1.[Na+]. The van der Waals surface area contributed by atoms with Crippen LogP contribution in [0.15, 0.2) is 53.3 Å². The Balaban J connectivity index is 0.00000180. The number of hydrogen-bond donors (Lipinski definition) is 0. The molecule has 0 heterocycles. The summed E-state index contributed by atoms with van der Waals surface area (Å²) in [5.41, 5.74) is 2.47. The van der Waals surface area contributed by atoms with Gasteiger partial charge in [0.15, 0.2) is 5.43 Å². The van der Waals surface area contributed by atoms with Gasteiger partial charge in [-0.1, -0.05) is 36.1 Å². The molecular formula is C15H14NNaO2. The number of hydrogen-bond acceptors (Lipinski definition) is 3. The molecule has 0 aliphatic carbocycles. The molecule has 0 aliphatic heterocycles. The average molecular weight is 263 g/mol. The average Bonchev–Trinajstić information content (AvgIpc) is 2.53. The van der Waals surface area contributed by atoms with Crippen LogP contribution < -0.4 is 45.0 Å². The first kappa shape index (κ1) is 15.8. The Labute approximate surface area is 134 Å². The van der Waals surface area contributed by atoms with Crippen LogP contribution in [0, 0.1) is 0 Å². The summed E-state index contributed by atoms with van der Waals surface area (Å²) in [7, 11) is 3.95. The van der Waals surface area contributed by atoms with Gasteiger partial charge in [-0.2, -0.15) is 0 Å². The van der Waals surface area contributed by atoms with Crippen molar-refractivity contribution in [3.63, 3.8) is 0 Å². The van der Waals surface area contributed by atoms with Gasteiger partial charge in [-0.05, 0) is 29.3 Å². The summed E-state index contributed by atoms with van der Waals surface area (Å²) in [6, 6.07) is 13.9. The zero-order valence-corrected chi connectivity index (χ0v) is 13.4. The zero-order valence-electron chi connectivity index (χ0n) is 11.4. The molecule has 19 heavy (non-hydrogen) atoms. The summed E-state index contributed by atoms with van der Waals surface area (Å²) in [5.74, 6) is -0.480. The van der Waals surface area contributed by atoms with Crippen LogP contribution in [0.2, 0.25) is 0 Å². The van der Waals surface area contributed by atoms with Crippen LogP contribution >= 0.6 is 0 Å². The molecule has 0 radical (unpaired) electrons. The third-order valence-electron chi connectivity index (χ3n) is 2.79. The van der Waals surface area contributed by atoms with Crippen molar-refractivity contribution >= 4 is 5.69 Å². The van der Waals surface area contributed by atoms with Crippen molar-refractivity contribution < 1.29 is 34.7 Å². The summed E-state index contributed by atoms with van der Waals surface area (Å²) >= 11 is 0. The molecule has 0 aromatic heterocycles. The van der Waals surface area contributed by atoms with Crippen molar-refractivity contribution in [2.75, 3.05) is 19.0 Å². The fraction of sp³-hybridized carbons (Fsp3) is 0.133. The molecule has 0 N–H and O–H groups in total. The third-order valence-corrected chi connectivity index (χ3v) is 2.79. The molecule has 4 heteroatoms. The first-order valence-corrected chi connectivity index (χ1v) is 5.67. The Morgan fingerprint density at radius 1 is 0.842 bits per heavy atom. The standard InChI is InChI=1S/C15H15NO2.Na/c1-16(2)13-7-3-11(4-8-13)12-5-9-14(17)15(18)10-6-12;/h3-10H,1-2H3,(H,17,18);/q;+1/p-1. The summed E-state index contributed by atoms with van der Waals surface area (Å²) < 4.78 is 0. The first-order chi connectivity index (χ1) is 8.58. The minimum atomic E-state index is -0.480. The Hall–Kier alpha value is -1.29. The monoisotopic (exact) mass is 263 g/mol. The van der Waals surface area contributed by atoms with Crippen molar-refractivity contribution in [2.45, 2.75) is 0 Å². The Morgan fingerprint density at radius 3 is 1.84 bits per heavy atom. The maximum atomic E-state index is 11.2.